The molecule has 0 aliphatic heterocycles. The van der Waals surface area contributed by atoms with Crippen molar-refractivity contribution in [3.8, 4) is 5.75 Å². The lowest BCUT2D eigenvalue weighted by Crippen LogP contribution is -2.23. The van der Waals surface area contributed by atoms with E-state index in [1.165, 1.54) is 0 Å². The summed E-state index contributed by atoms with van der Waals surface area (Å²) in [6, 6.07) is 12.0. The summed E-state index contributed by atoms with van der Waals surface area (Å²) in [7, 11) is 1.68. The highest BCUT2D eigenvalue weighted by atomic mass is 35.5. The largest absolute Gasteiger partial charge is 0.497 e. The molecule has 0 amide bonds. The molecule has 0 fully saturated rings. The van der Waals surface area contributed by atoms with Gasteiger partial charge in [-0.05, 0) is 56.4 Å². The molecular formula is C23H28ClN3O. The molecule has 148 valence electrons. The molecule has 1 N–H and O–H groups in total. The zero-order chi connectivity index (χ0) is 20.1. The maximum atomic E-state index is 6.20. The minimum Gasteiger partial charge on any atom is -0.497 e. The highest BCUT2D eigenvalue weighted by molar-refractivity contribution is 6.31. The van der Waals surface area contributed by atoms with E-state index in [4.69, 9.17) is 21.3 Å². The predicted molar refractivity (Wildman–Crippen MR) is 121 cm³/mol. The van der Waals surface area contributed by atoms with Crippen LogP contribution in [0.25, 0.3) is 21.8 Å². The van der Waals surface area contributed by atoms with Crippen LogP contribution in [-0.2, 0) is 0 Å². The lowest BCUT2D eigenvalue weighted by atomic mass is 10.1. The first-order valence-corrected chi connectivity index (χ1v) is 10.2. The van der Waals surface area contributed by atoms with Crippen molar-refractivity contribution < 1.29 is 4.74 Å². The van der Waals surface area contributed by atoms with E-state index in [9.17, 15) is 0 Å². The molecule has 0 saturated carbocycles. The van der Waals surface area contributed by atoms with Gasteiger partial charge < -0.3 is 15.0 Å². The van der Waals surface area contributed by atoms with Crippen LogP contribution in [0.5, 0.6) is 5.75 Å². The number of ether oxygens (including phenoxy) is 1. The van der Waals surface area contributed by atoms with Gasteiger partial charge in [0.1, 0.15) is 5.75 Å². The maximum Gasteiger partial charge on any atom is 0.119 e. The number of benzene rings is 2. The molecule has 28 heavy (non-hydrogen) atoms. The molecule has 3 aromatic rings. The molecule has 2 aromatic carbocycles. The second kappa shape index (κ2) is 9.26. The van der Waals surface area contributed by atoms with Gasteiger partial charge in [-0.15, -0.1) is 0 Å². The molecule has 5 heteroatoms. The van der Waals surface area contributed by atoms with Crippen molar-refractivity contribution in [3.63, 3.8) is 0 Å². The smallest absolute Gasteiger partial charge is 0.119 e. The molecule has 0 aliphatic rings. The molecule has 3 rings (SSSR count). The van der Waals surface area contributed by atoms with Crippen LogP contribution < -0.4 is 10.1 Å². The minimum atomic E-state index is 0.172. The highest BCUT2D eigenvalue weighted by Gasteiger charge is 2.12. The number of anilines is 1. The summed E-state index contributed by atoms with van der Waals surface area (Å²) in [5, 5.41) is 6.44. The van der Waals surface area contributed by atoms with E-state index in [0.29, 0.717) is 5.02 Å². The quantitative estimate of drug-likeness (QED) is 0.388. The molecule has 1 atom stereocenters. The van der Waals surface area contributed by atoms with E-state index in [0.717, 1.165) is 52.9 Å². The second-order valence-corrected chi connectivity index (χ2v) is 7.31. The molecule has 0 aliphatic carbocycles. The number of aromatic nitrogens is 1. The number of rotatable bonds is 8. The maximum absolute atomic E-state index is 6.20. The summed E-state index contributed by atoms with van der Waals surface area (Å²) in [6.07, 6.45) is 4.44. The van der Waals surface area contributed by atoms with Gasteiger partial charge in [0.25, 0.3) is 0 Å². The highest BCUT2D eigenvalue weighted by Crippen LogP contribution is 2.34. The molecule has 1 aromatic heterocycles. The van der Waals surface area contributed by atoms with Crippen LogP contribution in [0.2, 0.25) is 5.02 Å². The van der Waals surface area contributed by atoms with E-state index in [2.05, 4.69) is 43.1 Å². The van der Waals surface area contributed by atoms with Crippen LogP contribution in [0.4, 0.5) is 5.69 Å². The lowest BCUT2D eigenvalue weighted by Gasteiger charge is -2.18. The monoisotopic (exact) mass is 397 g/mol. The summed E-state index contributed by atoms with van der Waals surface area (Å²) < 4.78 is 5.43. The Labute approximate surface area is 172 Å². The van der Waals surface area contributed by atoms with Gasteiger partial charge in [-0.25, -0.2) is 4.98 Å². The van der Waals surface area contributed by atoms with E-state index < -0.39 is 0 Å². The fourth-order valence-corrected chi connectivity index (χ4v) is 3.52. The number of nitrogens with one attached hydrogen (secondary N) is 1. The molecule has 0 spiro atoms. The molecule has 0 saturated heterocycles. The standard InChI is InChI=1S/C23H28ClN3O/c1-5-27(6-2)13-7-8-16(3)25-23-19-11-9-17(24)14-22(19)26-21-12-10-18(28-4)15-20(21)23/h7-12,14-16H,5-6,13H2,1-4H3,(H,25,26). The Morgan fingerprint density at radius 3 is 2.61 bits per heavy atom. The third-order valence-electron chi connectivity index (χ3n) is 5.00. The van der Waals surface area contributed by atoms with Crippen molar-refractivity contribution in [1.82, 2.24) is 9.88 Å². The SMILES string of the molecule is CCN(CC)CC=CC(C)Nc1c2ccc(Cl)cc2nc2ccc(OC)cc12. The van der Waals surface area contributed by atoms with Crippen molar-refractivity contribution in [2.45, 2.75) is 26.8 Å². The summed E-state index contributed by atoms with van der Waals surface area (Å²) >= 11 is 6.20. The first-order valence-electron chi connectivity index (χ1n) is 9.78. The van der Waals surface area contributed by atoms with Gasteiger partial charge in [0.15, 0.2) is 0 Å². The van der Waals surface area contributed by atoms with Crippen molar-refractivity contribution in [2.75, 3.05) is 32.1 Å². The average molecular weight is 398 g/mol. The molecule has 0 radical (unpaired) electrons. The van der Waals surface area contributed by atoms with Gasteiger partial charge in [-0.2, -0.15) is 0 Å². The summed E-state index contributed by atoms with van der Waals surface area (Å²) in [6.45, 7) is 9.61. The molecule has 1 heterocycles. The van der Waals surface area contributed by atoms with E-state index in [1.807, 2.05) is 36.4 Å². The predicted octanol–water partition coefficient (Wildman–Crippen LogP) is 5.75. The Morgan fingerprint density at radius 1 is 1.11 bits per heavy atom. The fraction of sp³-hybridized carbons (Fsp3) is 0.348. The number of hydrogen-bond acceptors (Lipinski definition) is 4. The molecular weight excluding hydrogens is 370 g/mol. The minimum absolute atomic E-state index is 0.172. The Kier molecular flexibility index (Phi) is 6.76. The first kappa shape index (κ1) is 20.4. The van der Waals surface area contributed by atoms with Gasteiger partial charge in [0.2, 0.25) is 0 Å². The van der Waals surface area contributed by atoms with Gasteiger partial charge >= 0.3 is 0 Å². The number of halogens is 1. The Morgan fingerprint density at radius 2 is 1.89 bits per heavy atom. The second-order valence-electron chi connectivity index (χ2n) is 6.88. The number of fused-ring (bicyclic) bond motifs is 2. The Balaban J connectivity index is 1.99. The first-order chi connectivity index (χ1) is 13.5. The molecule has 1 unspecified atom stereocenters. The fourth-order valence-electron chi connectivity index (χ4n) is 3.35. The average Bonchev–Trinajstić information content (AvgIpc) is 2.70. The summed E-state index contributed by atoms with van der Waals surface area (Å²) in [5.74, 6) is 0.815. The Bertz CT molecular complexity index is 982. The number of likely N-dealkylation sites (N-methyl/N-ethyl adjacent to an activating group) is 1. The Hall–Kier alpha value is -2.30. The van der Waals surface area contributed by atoms with Gasteiger partial charge in [-0.3, -0.25) is 0 Å². The van der Waals surface area contributed by atoms with Crippen LogP contribution in [0.15, 0.2) is 48.6 Å². The van der Waals surface area contributed by atoms with Crippen LogP contribution in [-0.4, -0.2) is 42.7 Å². The van der Waals surface area contributed by atoms with Crippen molar-refractivity contribution in [3.05, 3.63) is 53.6 Å². The third kappa shape index (κ3) is 4.57. The molecule has 4 nitrogen and oxygen atoms in total. The zero-order valence-electron chi connectivity index (χ0n) is 17.0. The summed E-state index contributed by atoms with van der Waals surface area (Å²) in [4.78, 5) is 7.17. The van der Waals surface area contributed by atoms with E-state index >= 15 is 0 Å². The van der Waals surface area contributed by atoms with Crippen molar-refractivity contribution in [1.29, 1.82) is 0 Å². The van der Waals surface area contributed by atoms with Gasteiger partial charge in [0.05, 0.1) is 23.8 Å². The van der Waals surface area contributed by atoms with Crippen LogP contribution in [0, 0.1) is 0 Å². The van der Waals surface area contributed by atoms with Crippen LogP contribution in [0.3, 0.4) is 0 Å². The van der Waals surface area contributed by atoms with E-state index in [1.54, 1.807) is 7.11 Å². The van der Waals surface area contributed by atoms with Crippen molar-refractivity contribution >= 4 is 39.1 Å². The van der Waals surface area contributed by atoms with Gasteiger partial charge in [-0.1, -0.05) is 37.6 Å². The number of methoxy groups -OCH3 is 1. The van der Waals surface area contributed by atoms with Gasteiger partial charge in [0, 0.05) is 28.4 Å². The lowest BCUT2D eigenvalue weighted by molar-refractivity contribution is 0.337. The number of pyridine rings is 1. The van der Waals surface area contributed by atoms with E-state index in [-0.39, 0.29) is 6.04 Å². The zero-order valence-corrected chi connectivity index (χ0v) is 17.8. The topological polar surface area (TPSA) is 37.4 Å². The third-order valence-corrected chi connectivity index (χ3v) is 5.23. The number of nitrogens with zero attached hydrogens (tertiary/aromatic N) is 2. The van der Waals surface area contributed by atoms with Crippen molar-refractivity contribution in [2.24, 2.45) is 0 Å². The normalized spacial score (nSPS) is 12.9. The summed E-state index contributed by atoms with van der Waals surface area (Å²) in [5.41, 5.74) is 2.85. The number of hydrogen-bond donors (Lipinski definition) is 1. The van der Waals surface area contributed by atoms with Crippen LogP contribution >= 0.6 is 11.6 Å². The van der Waals surface area contributed by atoms with Crippen LogP contribution in [0.1, 0.15) is 20.8 Å². The molecule has 0 bridgehead atoms.